The van der Waals surface area contributed by atoms with Crippen molar-refractivity contribution in [1.29, 1.82) is 0 Å². The molecule has 1 aliphatic rings. The number of carbonyl (C=O) groups excluding carboxylic acids is 10. The fourth-order valence-electron chi connectivity index (χ4n) is 7.48. The van der Waals surface area contributed by atoms with E-state index in [-0.39, 0.29) is 102 Å². The van der Waals surface area contributed by atoms with E-state index in [2.05, 4.69) is 100 Å². The average molecular weight is 1240 g/mol. The lowest BCUT2D eigenvalue weighted by Crippen LogP contribution is -2.52. The Hall–Kier alpha value is -11.0. The minimum Gasteiger partial charge on any atom is -0.443 e. The maximum Gasteiger partial charge on any atom is 0.278 e. The normalized spacial score (nSPS) is 16.6. The van der Waals surface area contributed by atoms with Crippen molar-refractivity contribution >= 4 is 98.6 Å². The average Bonchev–Trinajstić information content (AvgIpc) is 2.95. The van der Waals surface area contributed by atoms with Crippen LogP contribution in [0.1, 0.15) is 120 Å². The first kappa shape index (κ1) is 64.6. The molecule has 0 saturated carbocycles. The molecule has 0 saturated heterocycles. The quantitative estimate of drug-likeness (QED) is 0.0826. The topological polar surface area (TPSA) is 459 Å². The Balaban J connectivity index is 1.24. The van der Waals surface area contributed by atoms with Crippen molar-refractivity contribution in [3.8, 4) is 22.0 Å². The summed E-state index contributed by atoms with van der Waals surface area (Å²) in [7, 11) is 1.27. The summed E-state index contributed by atoms with van der Waals surface area (Å²) >= 11 is 1.84. The van der Waals surface area contributed by atoms with Gasteiger partial charge in [0.2, 0.25) is 29.4 Å². The van der Waals surface area contributed by atoms with Gasteiger partial charge in [0.05, 0.1) is 40.7 Å². The Kier molecular flexibility index (Phi) is 20.1. The van der Waals surface area contributed by atoms with Crippen LogP contribution in [0.2, 0.25) is 0 Å². The molecule has 4 unspecified atom stereocenters. The number of ketones is 1. The van der Waals surface area contributed by atoms with Gasteiger partial charge in [0.1, 0.15) is 68.0 Å². The maximum atomic E-state index is 14.0. The Labute approximate surface area is 505 Å². The molecule has 7 rings (SSSR count). The highest BCUT2D eigenvalue weighted by atomic mass is 32.1. The number of ether oxygens (including phenoxy) is 1. The van der Waals surface area contributed by atoms with Crippen LogP contribution in [0, 0.1) is 13.8 Å². The highest BCUT2D eigenvalue weighted by Gasteiger charge is 2.32. The van der Waals surface area contributed by atoms with Gasteiger partial charge >= 0.3 is 0 Å². The van der Waals surface area contributed by atoms with Crippen molar-refractivity contribution in [3.63, 3.8) is 0 Å². The summed E-state index contributed by atoms with van der Waals surface area (Å²) in [4.78, 5) is 159. The highest BCUT2D eigenvalue weighted by Crippen LogP contribution is 2.34. The lowest BCUT2D eigenvalue weighted by Gasteiger charge is -2.21. The number of hydrogen-bond acceptors (Lipinski definition) is 24. The molecule has 4 atom stereocenters. The molecule has 0 spiro atoms. The Morgan fingerprint density at radius 1 is 0.727 bits per heavy atom. The number of aromatic nitrogens is 6. The Bertz CT molecular complexity index is 4020. The van der Waals surface area contributed by atoms with Gasteiger partial charge in [-0.25, -0.2) is 29.9 Å². The molecule has 6 aromatic rings. The zero-order valence-electron chi connectivity index (χ0n) is 47.3. The number of fused-ring (bicyclic) bond motifs is 13. The van der Waals surface area contributed by atoms with Crippen molar-refractivity contribution in [3.05, 3.63) is 160 Å². The zero-order valence-corrected chi connectivity index (χ0v) is 48.9. The first-order valence-corrected chi connectivity index (χ1v) is 27.3. The number of hydrogen-bond donors (Lipinski definition) is 11. The number of carbonyl (C=O) groups is 10. The van der Waals surface area contributed by atoms with Gasteiger partial charge in [0.25, 0.3) is 47.3 Å². The summed E-state index contributed by atoms with van der Waals surface area (Å²) in [6.45, 7) is 24.7. The number of rotatable bonds is 11. The number of amides is 9. The van der Waals surface area contributed by atoms with Crippen LogP contribution in [0.3, 0.4) is 0 Å². The summed E-state index contributed by atoms with van der Waals surface area (Å²) in [5, 5.41) is 42.8. The number of primary amides is 1. The van der Waals surface area contributed by atoms with E-state index < -0.39 is 112 Å². The zero-order chi connectivity index (χ0) is 64.6. The fraction of sp³-hybridized carbons (Fsp3) is 0.200. The van der Waals surface area contributed by atoms with Crippen molar-refractivity contribution in [2.24, 2.45) is 5.73 Å². The maximum absolute atomic E-state index is 14.0. The number of nitrogens with zero attached hydrogens (tertiary/aromatic N) is 6. The number of pyridine rings is 1. The number of aliphatic hydroxyl groups excluding tert-OH is 2. The minimum absolute atomic E-state index is 0.00255. The molecule has 9 amide bonds. The van der Waals surface area contributed by atoms with Crippen LogP contribution >= 0.6 is 22.7 Å². The molecule has 33 heteroatoms. The molecule has 1 aliphatic heterocycles. The molecule has 10 bridgehead atoms. The smallest absolute Gasteiger partial charge is 0.278 e. The molecule has 0 aliphatic carbocycles. The number of allylic oxidation sites excluding steroid dienone is 2. The molecular weight excluding hydrogens is 1190 g/mol. The third-order valence-electron chi connectivity index (χ3n) is 12.0. The predicted octanol–water partition coefficient (Wildman–Crippen LogP) is 2.01. The first-order chi connectivity index (χ1) is 41.6. The standard InChI is InChI=1S/C55H53N15O16S2/c1-12-29-16-36(73)34-18-88-55(65-34)53(83-11)70-49(82)39-28(10)86-52(69-39)32(15-20(2)71)63-47(80)37(26(8)72)67-46(79)35-19-87-54(66-35)30-13-14-31(45(78)59-23(5)43(76)58-22(4)42(75)57-21(3)41(56)74)62-40(30)33-17-84-50(64-33)25(7)61-44(77)24(6)60-48(81)38-27(9)85-51(29)68-38/h13-20,26,37,53,71-72H,3-7,12H2,1-2,8-11H3,(H2,56,74)(H,57,75)(H,58,76)(H,59,78)(H,60,81)(H,61,77)(H,63,80)(H,67,79)(H,70,82). The largest absolute Gasteiger partial charge is 0.443 e. The summed E-state index contributed by atoms with van der Waals surface area (Å²) in [6, 6.07) is 0.782. The van der Waals surface area contributed by atoms with Crippen LogP contribution < -0.4 is 48.3 Å². The number of aryl methyl sites for hydroxylation is 2. The van der Waals surface area contributed by atoms with E-state index in [1.54, 1.807) is 6.92 Å². The van der Waals surface area contributed by atoms with Crippen LogP contribution in [0.4, 0.5) is 0 Å². The molecule has 7 heterocycles. The number of methoxy groups -OCH3 is 1. The van der Waals surface area contributed by atoms with E-state index >= 15 is 0 Å². The van der Waals surface area contributed by atoms with Crippen molar-refractivity contribution in [2.75, 3.05) is 7.11 Å². The molecule has 0 aromatic carbocycles. The molecular formula is C55H53N15O16S2. The van der Waals surface area contributed by atoms with Gasteiger partial charge in [0, 0.05) is 29.0 Å². The molecule has 456 valence electrons. The number of aliphatic hydroxyl groups is 2. The van der Waals surface area contributed by atoms with E-state index in [4.69, 9.17) is 23.7 Å². The lowest BCUT2D eigenvalue weighted by molar-refractivity contribution is -0.124. The Morgan fingerprint density at radius 2 is 1.35 bits per heavy atom. The second kappa shape index (κ2) is 27.4. The molecule has 12 N–H and O–H groups in total. The summed E-state index contributed by atoms with van der Waals surface area (Å²) in [5.41, 5.74) is 0.942. The van der Waals surface area contributed by atoms with Crippen LogP contribution in [0.15, 0.2) is 110 Å². The van der Waals surface area contributed by atoms with Crippen molar-refractivity contribution in [2.45, 2.75) is 65.5 Å². The third kappa shape index (κ3) is 15.1. The molecule has 31 nitrogen and oxygen atoms in total. The van der Waals surface area contributed by atoms with Crippen LogP contribution in [-0.4, -0.2) is 124 Å². The van der Waals surface area contributed by atoms with E-state index in [0.29, 0.717) is 0 Å². The van der Waals surface area contributed by atoms with E-state index in [0.717, 1.165) is 35.0 Å². The van der Waals surface area contributed by atoms with Gasteiger partial charge < -0.3 is 76.5 Å². The van der Waals surface area contributed by atoms with Gasteiger partial charge in [-0.3, -0.25) is 47.9 Å². The van der Waals surface area contributed by atoms with E-state index in [9.17, 15) is 58.2 Å². The SMILES string of the molecule is C=C(NC(=O)C(=C)NC(=O)C(=C)NC(=O)c1ccc2c(n1)-c1coc(n1)C(=C)NC(=O)C(=C)NC(=O)c1nc(oc1C)C(CC)=CC(=O)c1csc(n1)C(OC)NC(=O)c1nc(oc1C)C(=CC(C)O)NC(=O)C(C(C)O)NC(=O)c1csc-2n1)C(N)=O. The summed E-state index contributed by atoms with van der Waals surface area (Å²) in [5.74, 6) is -10.7. The summed E-state index contributed by atoms with van der Waals surface area (Å²) in [6.07, 6.45) is -0.578. The van der Waals surface area contributed by atoms with Crippen LogP contribution in [0.5, 0.6) is 0 Å². The lowest BCUT2D eigenvalue weighted by atomic mass is 10.1. The number of nitrogens with two attached hydrogens (primary N) is 1. The molecule has 0 fully saturated rings. The molecule has 0 radical (unpaired) electrons. The van der Waals surface area contributed by atoms with Gasteiger partial charge in [0.15, 0.2) is 17.6 Å². The van der Waals surface area contributed by atoms with Crippen LogP contribution in [-0.2, 0) is 28.7 Å². The number of oxazole rings is 3. The second-order valence-corrected chi connectivity index (χ2v) is 20.3. The van der Waals surface area contributed by atoms with Crippen molar-refractivity contribution in [1.82, 2.24) is 72.4 Å². The van der Waals surface area contributed by atoms with Gasteiger partial charge in [-0.15, -0.1) is 22.7 Å². The van der Waals surface area contributed by atoms with Gasteiger partial charge in [-0.05, 0) is 58.4 Å². The molecule has 88 heavy (non-hydrogen) atoms. The summed E-state index contributed by atoms with van der Waals surface area (Å²) < 4.78 is 22.8. The second-order valence-electron chi connectivity index (χ2n) is 18.6. The minimum atomic E-state index is -1.74. The first-order valence-electron chi connectivity index (χ1n) is 25.5. The van der Waals surface area contributed by atoms with Crippen molar-refractivity contribution < 1.29 is 76.1 Å². The predicted molar refractivity (Wildman–Crippen MR) is 310 cm³/mol. The fourth-order valence-corrected chi connectivity index (χ4v) is 9.14. The Morgan fingerprint density at radius 3 is 2.00 bits per heavy atom. The number of thiazole rings is 2. The van der Waals surface area contributed by atoms with Gasteiger partial charge in [-0.2, -0.15) is 0 Å². The third-order valence-corrected chi connectivity index (χ3v) is 13.7. The molecule has 6 aromatic heterocycles. The van der Waals surface area contributed by atoms with Crippen LogP contribution in [0.25, 0.3) is 38.9 Å². The van der Waals surface area contributed by atoms with Gasteiger partial charge in [-0.1, -0.05) is 39.8 Å². The highest BCUT2D eigenvalue weighted by molar-refractivity contribution is 7.13. The van der Waals surface area contributed by atoms with E-state index in [1.807, 2.05) is 5.32 Å². The van der Waals surface area contributed by atoms with E-state index in [1.165, 1.54) is 63.8 Å². The number of nitrogens with one attached hydrogen (secondary N) is 8. The monoisotopic (exact) mass is 1240 g/mol.